The van der Waals surface area contributed by atoms with Gasteiger partial charge in [-0.05, 0) is 48.0 Å². The van der Waals surface area contributed by atoms with Crippen LogP contribution >= 0.6 is 38.6 Å². The van der Waals surface area contributed by atoms with Gasteiger partial charge in [-0.15, -0.1) is 22.7 Å². The van der Waals surface area contributed by atoms with Crippen LogP contribution < -0.4 is 5.73 Å². The van der Waals surface area contributed by atoms with Crippen molar-refractivity contribution in [2.45, 2.75) is 19.9 Å². The van der Waals surface area contributed by atoms with E-state index in [4.69, 9.17) is 5.73 Å². The van der Waals surface area contributed by atoms with E-state index in [-0.39, 0.29) is 6.04 Å². The summed E-state index contributed by atoms with van der Waals surface area (Å²) in [6, 6.07) is 6.39. The van der Waals surface area contributed by atoms with Gasteiger partial charge in [0.25, 0.3) is 0 Å². The van der Waals surface area contributed by atoms with Crippen molar-refractivity contribution in [3.8, 4) is 0 Å². The highest BCUT2D eigenvalue weighted by molar-refractivity contribution is 9.10. The monoisotopic (exact) mass is 301 g/mol. The first kappa shape index (κ1) is 11.3. The summed E-state index contributed by atoms with van der Waals surface area (Å²) in [6.45, 7) is 4.21. The molecule has 1 atom stereocenters. The molecule has 0 aliphatic heterocycles. The lowest BCUT2D eigenvalue weighted by atomic mass is 10.2. The second-order valence-electron chi connectivity index (χ2n) is 3.48. The molecule has 0 aromatic carbocycles. The summed E-state index contributed by atoms with van der Waals surface area (Å²) in [7, 11) is 0. The van der Waals surface area contributed by atoms with Gasteiger partial charge in [0.2, 0.25) is 0 Å². The summed E-state index contributed by atoms with van der Waals surface area (Å²) in [4.78, 5) is 5.06. The highest BCUT2D eigenvalue weighted by Gasteiger charge is 2.14. The minimum Gasteiger partial charge on any atom is -0.319 e. The van der Waals surface area contributed by atoms with Crippen molar-refractivity contribution in [1.29, 1.82) is 0 Å². The Balaban J connectivity index is 2.31. The largest absolute Gasteiger partial charge is 0.319 e. The molecule has 2 rings (SSSR count). The molecule has 2 aromatic rings. The van der Waals surface area contributed by atoms with Crippen LogP contribution in [0.5, 0.6) is 0 Å². The predicted octanol–water partition coefficient (Wildman–Crippen LogP) is 4.24. The molecule has 15 heavy (non-hydrogen) atoms. The average molecular weight is 302 g/mol. The van der Waals surface area contributed by atoms with Gasteiger partial charge in [-0.3, -0.25) is 0 Å². The predicted molar refractivity (Wildman–Crippen MR) is 71.8 cm³/mol. The van der Waals surface area contributed by atoms with E-state index in [9.17, 15) is 0 Å². The van der Waals surface area contributed by atoms with Crippen molar-refractivity contribution in [2.75, 3.05) is 0 Å². The third-order valence-corrected chi connectivity index (χ3v) is 5.55. The van der Waals surface area contributed by atoms with Crippen LogP contribution in [0.25, 0.3) is 0 Å². The highest BCUT2D eigenvalue weighted by Crippen LogP contribution is 2.34. The minimum absolute atomic E-state index is 0.0266. The van der Waals surface area contributed by atoms with Gasteiger partial charge in [0.15, 0.2) is 0 Å². The van der Waals surface area contributed by atoms with Gasteiger partial charge in [0.1, 0.15) is 0 Å². The summed E-state index contributed by atoms with van der Waals surface area (Å²) in [6.07, 6.45) is 0. The summed E-state index contributed by atoms with van der Waals surface area (Å²) in [5.41, 5.74) is 6.21. The van der Waals surface area contributed by atoms with E-state index in [1.807, 2.05) is 0 Å². The number of hydrogen-bond acceptors (Lipinski definition) is 3. The first-order chi connectivity index (χ1) is 7.08. The smallest absolute Gasteiger partial charge is 0.0740 e. The average Bonchev–Trinajstić information content (AvgIpc) is 2.74. The number of rotatable bonds is 2. The van der Waals surface area contributed by atoms with E-state index in [0.717, 1.165) is 4.47 Å². The van der Waals surface area contributed by atoms with Gasteiger partial charge < -0.3 is 5.73 Å². The molecule has 0 aliphatic rings. The Labute approximate surface area is 106 Å². The molecule has 1 nitrogen and oxygen atoms in total. The Hall–Kier alpha value is -0.160. The third-order valence-electron chi connectivity index (χ3n) is 2.25. The molecule has 0 saturated heterocycles. The van der Waals surface area contributed by atoms with Gasteiger partial charge in [-0.2, -0.15) is 0 Å². The summed E-state index contributed by atoms with van der Waals surface area (Å²) in [5.74, 6) is 0. The maximum absolute atomic E-state index is 6.21. The number of hydrogen-bond donors (Lipinski definition) is 1. The van der Waals surface area contributed by atoms with E-state index < -0.39 is 0 Å². The molecule has 0 fully saturated rings. The Bertz CT molecular complexity index is 453. The van der Waals surface area contributed by atoms with Crippen LogP contribution in [-0.2, 0) is 0 Å². The van der Waals surface area contributed by atoms with Gasteiger partial charge in [-0.25, -0.2) is 0 Å². The van der Waals surface area contributed by atoms with Crippen LogP contribution in [0.2, 0.25) is 0 Å². The molecule has 1 unspecified atom stereocenters. The maximum atomic E-state index is 6.21. The van der Waals surface area contributed by atoms with E-state index in [0.29, 0.717) is 0 Å². The van der Waals surface area contributed by atoms with Crippen molar-refractivity contribution in [1.82, 2.24) is 0 Å². The Morgan fingerprint density at radius 2 is 1.93 bits per heavy atom. The second kappa shape index (κ2) is 4.37. The molecule has 0 radical (unpaired) electrons. The van der Waals surface area contributed by atoms with E-state index in [1.165, 1.54) is 19.5 Å². The van der Waals surface area contributed by atoms with E-state index >= 15 is 0 Å². The second-order valence-corrected chi connectivity index (χ2v) is 6.94. The zero-order chi connectivity index (χ0) is 11.0. The molecule has 0 bridgehead atoms. The van der Waals surface area contributed by atoms with Crippen molar-refractivity contribution >= 4 is 38.6 Å². The molecule has 80 valence electrons. The molecule has 2 heterocycles. The molecule has 2 N–H and O–H groups in total. The Morgan fingerprint density at radius 3 is 2.40 bits per heavy atom. The SMILES string of the molecule is Cc1ccc(C(N)c2cc(Br)c(C)s2)s1. The zero-order valence-electron chi connectivity index (χ0n) is 8.58. The number of halogens is 1. The van der Waals surface area contributed by atoms with Crippen LogP contribution in [0.3, 0.4) is 0 Å². The van der Waals surface area contributed by atoms with E-state index in [2.05, 4.69) is 48.0 Å². The molecule has 2 aromatic heterocycles. The first-order valence-corrected chi connectivity index (χ1v) is 7.08. The highest BCUT2D eigenvalue weighted by atomic mass is 79.9. The standard InChI is InChI=1S/C11H12BrNS2/c1-6-3-4-9(14-6)11(13)10-5-8(12)7(2)15-10/h3-5,11H,13H2,1-2H3. The topological polar surface area (TPSA) is 26.0 Å². The van der Waals surface area contributed by atoms with Crippen LogP contribution in [0.15, 0.2) is 22.7 Å². The van der Waals surface area contributed by atoms with Gasteiger partial charge in [0, 0.05) is 24.0 Å². The first-order valence-electron chi connectivity index (χ1n) is 4.65. The van der Waals surface area contributed by atoms with Gasteiger partial charge in [-0.1, -0.05) is 0 Å². The molecule has 0 aliphatic carbocycles. The fourth-order valence-electron chi connectivity index (χ4n) is 1.40. The number of aryl methyl sites for hydroxylation is 2. The Kier molecular flexibility index (Phi) is 3.30. The molecule has 0 amide bonds. The van der Waals surface area contributed by atoms with Crippen LogP contribution in [0, 0.1) is 13.8 Å². The molecular weight excluding hydrogens is 290 g/mol. The molecule has 4 heteroatoms. The van der Waals surface area contributed by atoms with Crippen LogP contribution in [-0.4, -0.2) is 0 Å². The summed E-state index contributed by atoms with van der Waals surface area (Å²) >= 11 is 7.05. The minimum atomic E-state index is 0.0266. The third kappa shape index (κ3) is 2.33. The van der Waals surface area contributed by atoms with Crippen molar-refractivity contribution in [3.05, 3.63) is 42.2 Å². The van der Waals surface area contributed by atoms with Crippen LogP contribution in [0.4, 0.5) is 0 Å². The van der Waals surface area contributed by atoms with Crippen molar-refractivity contribution < 1.29 is 0 Å². The Morgan fingerprint density at radius 1 is 1.20 bits per heavy atom. The zero-order valence-corrected chi connectivity index (χ0v) is 11.8. The molecular formula is C11H12BrNS2. The van der Waals surface area contributed by atoms with Crippen molar-refractivity contribution in [3.63, 3.8) is 0 Å². The van der Waals surface area contributed by atoms with Gasteiger partial charge in [0.05, 0.1) is 6.04 Å². The normalized spacial score (nSPS) is 13.1. The fourth-order valence-corrected chi connectivity index (χ4v) is 3.95. The lowest BCUT2D eigenvalue weighted by molar-refractivity contribution is 0.917. The maximum Gasteiger partial charge on any atom is 0.0740 e. The lowest BCUT2D eigenvalue weighted by Crippen LogP contribution is -2.07. The fraction of sp³-hybridized carbons (Fsp3) is 0.273. The number of thiophene rings is 2. The van der Waals surface area contributed by atoms with Crippen LogP contribution in [0.1, 0.15) is 25.6 Å². The van der Waals surface area contributed by atoms with Crippen molar-refractivity contribution in [2.24, 2.45) is 5.73 Å². The van der Waals surface area contributed by atoms with Gasteiger partial charge >= 0.3 is 0 Å². The number of nitrogens with two attached hydrogens (primary N) is 1. The van der Waals surface area contributed by atoms with E-state index in [1.54, 1.807) is 22.7 Å². The quantitative estimate of drug-likeness (QED) is 0.882. The summed E-state index contributed by atoms with van der Waals surface area (Å²) in [5, 5.41) is 0. The molecule has 0 saturated carbocycles. The summed E-state index contributed by atoms with van der Waals surface area (Å²) < 4.78 is 1.16. The lowest BCUT2D eigenvalue weighted by Gasteiger charge is -2.05. The molecule has 0 spiro atoms.